The Morgan fingerprint density at radius 2 is 1.60 bits per heavy atom. The van der Waals surface area contributed by atoms with Crippen molar-refractivity contribution in [1.82, 2.24) is 9.97 Å². The van der Waals surface area contributed by atoms with E-state index in [1.165, 1.54) is 0 Å². The second-order valence-electron chi connectivity index (χ2n) is 7.25. The highest BCUT2D eigenvalue weighted by atomic mass is 16.3. The van der Waals surface area contributed by atoms with Gasteiger partial charge in [-0.1, -0.05) is 67.8 Å². The molecule has 0 saturated heterocycles. The third-order valence-electron chi connectivity index (χ3n) is 5.28. The van der Waals surface area contributed by atoms with Crippen LogP contribution in [0, 0.1) is 6.92 Å². The molecule has 5 rings (SSSR count). The minimum absolute atomic E-state index is 0.648. The van der Waals surface area contributed by atoms with Crippen LogP contribution in [0.2, 0.25) is 0 Å². The quantitative estimate of drug-likeness (QED) is 0.324. The lowest BCUT2D eigenvalue weighted by molar-refractivity contribution is 0.668. The van der Waals surface area contributed by atoms with Gasteiger partial charge >= 0.3 is 0 Å². The summed E-state index contributed by atoms with van der Waals surface area (Å²) < 4.78 is 6.12. The molecule has 5 aromatic rings. The summed E-state index contributed by atoms with van der Waals surface area (Å²) in [4.78, 5) is 9.85. The second-order valence-corrected chi connectivity index (χ2v) is 7.25. The van der Waals surface area contributed by atoms with Gasteiger partial charge in [0.25, 0.3) is 0 Å². The van der Waals surface area contributed by atoms with Gasteiger partial charge in [0.15, 0.2) is 5.82 Å². The Morgan fingerprint density at radius 3 is 2.37 bits per heavy atom. The molecule has 0 aliphatic carbocycles. The largest absolute Gasteiger partial charge is 0.456 e. The molecule has 0 aliphatic rings. The highest BCUT2D eigenvalue weighted by molar-refractivity contribution is 6.12. The van der Waals surface area contributed by atoms with Gasteiger partial charge in [-0.3, -0.25) is 0 Å². The summed E-state index contributed by atoms with van der Waals surface area (Å²) in [7, 11) is 0. The lowest BCUT2D eigenvalue weighted by Crippen LogP contribution is -2.00. The molecule has 0 unspecified atom stereocenters. The zero-order valence-corrected chi connectivity index (χ0v) is 16.7. The summed E-state index contributed by atoms with van der Waals surface area (Å²) in [5.74, 6) is 0.648. The van der Waals surface area contributed by atoms with Gasteiger partial charge < -0.3 is 4.42 Å². The normalized spacial score (nSPS) is 11.1. The Balaban J connectivity index is 1.88. The average molecular weight is 388 g/mol. The van der Waals surface area contributed by atoms with Crippen molar-refractivity contribution in [2.75, 3.05) is 0 Å². The molecule has 0 saturated carbocycles. The van der Waals surface area contributed by atoms with Gasteiger partial charge in [0.05, 0.1) is 11.4 Å². The number of hydrogen-bond donors (Lipinski definition) is 0. The molecule has 0 spiro atoms. The summed E-state index contributed by atoms with van der Waals surface area (Å²) in [6.07, 6.45) is 3.55. The Bertz CT molecular complexity index is 1430. The Morgan fingerprint density at radius 1 is 0.833 bits per heavy atom. The maximum absolute atomic E-state index is 6.12. The van der Waals surface area contributed by atoms with Crippen LogP contribution in [-0.2, 0) is 0 Å². The van der Waals surface area contributed by atoms with E-state index in [1.54, 1.807) is 12.2 Å². The van der Waals surface area contributed by atoms with E-state index in [4.69, 9.17) is 14.4 Å². The van der Waals surface area contributed by atoms with E-state index in [0.717, 1.165) is 55.6 Å². The molecule has 30 heavy (non-hydrogen) atoms. The second kappa shape index (κ2) is 7.12. The smallest absolute Gasteiger partial charge is 0.161 e. The number of furan rings is 1. The van der Waals surface area contributed by atoms with Crippen LogP contribution in [0.4, 0.5) is 0 Å². The van der Waals surface area contributed by atoms with Gasteiger partial charge in [-0.2, -0.15) is 0 Å². The summed E-state index contributed by atoms with van der Waals surface area (Å²) in [5.41, 5.74) is 7.23. The van der Waals surface area contributed by atoms with E-state index in [9.17, 15) is 0 Å². The topological polar surface area (TPSA) is 38.9 Å². The lowest BCUT2D eigenvalue weighted by atomic mass is 10.0. The molecule has 0 radical (unpaired) electrons. The molecule has 0 amide bonds. The monoisotopic (exact) mass is 388 g/mol. The number of rotatable bonds is 4. The first kappa shape index (κ1) is 18.1. The molecule has 2 heterocycles. The number of aromatic nitrogens is 2. The van der Waals surface area contributed by atoms with E-state index in [0.29, 0.717) is 5.82 Å². The minimum atomic E-state index is 0.648. The Kier molecular flexibility index (Phi) is 4.29. The van der Waals surface area contributed by atoms with Crippen molar-refractivity contribution in [1.29, 1.82) is 0 Å². The molecule has 0 aliphatic heterocycles. The van der Waals surface area contributed by atoms with Crippen molar-refractivity contribution in [2.24, 2.45) is 0 Å². The summed E-state index contributed by atoms with van der Waals surface area (Å²) >= 11 is 0. The number of para-hydroxylation sites is 1. The van der Waals surface area contributed by atoms with E-state index >= 15 is 0 Å². The van der Waals surface area contributed by atoms with Crippen LogP contribution >= 0.6 is 0 Å². The first-order valence-electron chi connectivity index (χ1n) is 9.84. The predicted molar refractivity (Wildman–Crippen MR) is 125 cm³/mol. The van der Waals surface area contributed by atoms with Crippen LogP contribution < -0.4 is 0 Å². The van der Waals surface area contributed by atoms with Crippen LogP contribution in [0.15, 0.2) is 84.3 Å². The molecule has 3 aromatic carbocycles. The van der Waals surface area contributed by atoms with Gasteiger partial charge in [0, 0.05) is 27.5 Å². The fourth-order valence-electron chi connectivity index (χ4n) is 3.95. The number of benzene rings is 3. The summed E-state index contributed by atoms with van der Waals surface area (Å²) in [5, 5.41) is 2.08. The van der Waals surface area contributed by atoms with Crippen molar-refractivity contribution < 1.29 is 4.42 Å². The SMILES string of the molecule is C=Cc1nc(-c2cc(C)cc3oc4ccccc4c23)nc(-c2ccccc2)c1C=C. The fourth-order valence-corrected chi connectivity index (χ4v) is 3.95. The molecule has 144 valence electrons. The van der Waals surface area contributed by atoms with Gasteiger partial charge in [-0.05, 0) is 36.8 Å². The van der Waals surface area contributed by atoms with Crippen molar-refractivity contribution in [3.63, 3.8) is 0 Å². The van der Waals surface area contributed by atoms with Crippen molar-refractivity contribution in [3.05, 3.63) is 96.7 Å². The zero-order chi connectivity index (χ0) is 20.7. The summed E-state index contributed by atoms with van der Waals surface area (Å²) in [6, 6.07) is 22.3. The highest BCUT2D eigenvalue weighted by Crippen LogP contribution is 2.37. The van der Waals surface area contributed by atoms with Crippen molar-refractivity contribution in [3.8, 4) is 22.6 Å². The molecule has 0 N–H and O–H groups in total. The van der Waals surface area contributed by atoms with Crippen LogP contribution in [0.25, 0.3) is 56.7 Å². The van der Waals surface area contributed by atoms with Gasteiger partial charge in [0.2, 0.25) is 0 Å². The maximum atomic E-state index is 6.12. The van der Waals surface area contributed by atoms with E-state index < -0.39 is 0 Å². The van der Waals surface area contributed by atoms with Crippen LogP contribution in [-0.4, -0.2) is 9.97 Å². The lowest BCUT2D eigenvalue weighted by Gasteiger charge is -2.12. The fraction of sp³-hybridized carbons (Fsp3) is 0.0370. The molecule has 3 heteroatoms. The maximum Gasteiger partial charge on any atom is 0.161 e. The van der Waals surface area contributed by atoms with Gasteiger partial charge in [0.1, 0.15) is 11.2 Å². The molecular formula is C27H20N2O. The van der Waals surface area contributed by atoms with Gasteiger partial charge in [-0.15, -0.1) is 0 Å². The third-order valence-corrected chi connectivity index (χ3v) is 5.28. The van der Waals surface area contributed by atoms with E-state index in [2.05, 4.69) is 38.3 Å². The number of fused-ring (bicyclic) bond motifs is 3. The Hall–Kier alpha value is -3.98. The highest BCUT2D eigenvalue weighted by Gasteiger charge is 2.18. The number of nitrogens with zero attached hydrogens (tertiary/aromatic N) is 2. The van der Waals surface area contributed by atoms with Crippen LogP contribution in [0.5, 0.6) is 0 Å². The number of aryl methyl sites for hydroxylation is 1. The molecule has 3 nitrogen and oxygen atoms in total. The van der Waals surface area contributed by atoms with E-state index in [1.807, 2.05) is 48.5 Å². The molecule has 0 atom stereocenters. The number of hydrogen-bond acceptors (Lipinski definition) is 3. The van der Waals surface area contributed by atoms with Crippen LogP contribution in [0.1, 0.15) is 16.8 Å². The van der Waals surface area contributed by atoms with Crippen molar-refractivity contribution in [2.45, 2.75) is 6.92 Å². The van der Waals surface area contributed by atoms with Crippen molar-refractivity contribution >= 4 is 34.1 Å². The predicted octanol–water partition coefficient (Wildman–Crippen LogP) is 7.30. The van der Waals surface area contributed by atoms with E-state index in [-0.39, 0.29) is 0 Å². The minimum Gasteiger partial charge on any atom is -0.456 e. The zero-order valence-electron chi connectivity index (χ0n) is 16.7. The van der Waals surface area contributed by atoms with Crippen LogP contribution in [0.3, 0.4) is 0 Å². The molecule has 0 fully saturated rings. The summed E-state index contributed by atoms with van der Waals surface area (Å²) in [6.45, 7) is 10.0. The molecular weight excluding hydrogens is 368 g/mol. The standard InChI is InChI=1S/C27H20N2O/c1-4-19-22(5-2)28-27(29-26(19)18-11-7-6-8-12-18)21-15-17(3)16-24-25(21)20-13-9-10-14-23(20)30-24/h4-16H,1-2H2,3H3. The Labute approximate surface area is 175 Å². The molecule has 2 aromatic heterocycles. The molecule has 0 bridgehead atoms. The third kappa shape index (κ3) is 2.83. The van der Waals surface area contributed by atoms with Gasteiger partial charge in [-0.25, -0.2) is 9.97 Å². The average Bonchev–Trinajstić information content (AvgIpc) is 3.16. The first-order chi connectivity index (χ1) is 14.7. The first-order valence-corrected chi connectivity index (χ1v) is 9.84.